The lowest BCUT2D eigenvalue weighted by Crippen LogP contribution is -2.46. The van der Waals surface area contributed by atoms with E-state index in [0.717, 1.165) is 30.4 Å². The number of hydrogen-bond acceptors (Lipinski definition) is 4. The highest BCUT2D eigenvalue weighted by Crippen LogP contribution is 2.30. The lowest BCUT2D eigenvalue weighted by atomic mass is 10.0. The largest absolute Gasteiger partial charge is 0.463 e. The number of unbranched alkanes of at least 4 members (excludes halogenated alkanes) is 1. The Morgan fingerprint density at radius 1 is 1.31 bits per heavy atom. The third-order valence-electron chi connectivity index (χ3n) is 4.44. The number of urea groups is 1. The maximum Gasteiger partial charge on any atom is 0.338 e. The van der Waals surface area contributed by atoms with Gasteiger partial charge in [0.05, 0.1) is 23.2 Å². The predicted octanol–water partition coefficient (Wildman–Crippen LogP) is 3.03. The Labute approximate surface area is 152 Å². The van der Waals surface area contributed by atoms with E-state index in [0.29, 0.717) is 17.1 Å². The number of benzene rings is 1. The van der Waals surface area contributed by atoms with Gasteiger partial charge in [0.15, 0.2) is 0 Å². The first-order valence-corrected chi connectivity index (χ1v) is 8.97. The molecule has 1 atom stereocenters. The van der Waals surface area contributed by atoms with E-state index in [-0.39, 0.29) is 12.6 Å². The number of carbonyl (C=O) groups is 2. The molecule has 7 heteroatoms. The first-order chi connectivity index (χ1) is 12.6. The van der Waals surface area contributed by atoms with Crippen LogP contribution in [0.25, 0.3) is 11.0 Å². The summed E-state index contributed by atoms with van der Waals surface area (Å²) >= 11 is 0. The number of ether oxygens (including phenoxy) is 1. The van der Waals surface area contributed by atoms with E-state index in [1.165, 1.54) is 0 Å². The Morgan fingerprint density at radius 3 is 2.81 bits per heavy atom. The van der Waals surface area contributed by atoms with Gasteiger partial charge in [-0.1, -0.05) is 25.5 Å². The van der Waals surface area contributed by atoms with Crippen molar-refractivity contribution in [2.45, 2.75) is 46.2 Å². The lowest BCUT2D eigenvalue weighted by molar-refractivity contribution is -0.139. The molecule has 3 rings (SSSR count). The van der Waals surface area contributed by atoms with Crippen LogP contribution in [0, 0.1) is 0 Å². The van der Waals surface area contributed by atoms with Gasteiger partial charge in [0.1, 0.15) is 11.9 Å². The van der Waals surface area contributed by atoms with Crippen molar-refractivity contribution in [1.29, 1.82) is 0 Å². The number of nitrogens with one attached hydrogen (secondary N) is 2. The Kier molecular flexibility index (Phi) is 5.25. The molecule has 0 aliphatic carbocycles. The quantitative estimate of drug-likeness (QED) is 0.779. The highest BCUT2D eigenvalue weighted by Gasteiger charge is 2.35. The Bertz CT molecular complexity index is 869. The van der Waals surface area contributed by atoms with Gasteiger partial charge in [-0.3, -0.25) is 0 Å². The molecule has 0 fully saturated rings. The zero-order chi connectivity index (χ0) is 18.7. The summed E-state index contributed by atoms with van der Waals surface area (Å²) in [7, 11) is 0. The number of amides is 2. The molecule has 1 aromatic carbocycles. The summed E-state index contributed by atoms with van der Waals surface area (Å²) in [5.41, 5.74) is 2.71. The van der Waals surface area contributed by atoms with Crippen molar-refractivity contribution < 1.29 is 14.3 Å². The van der Waals surface area contributed by atoms with E-state index >= 15 is 0 Å². The number of imidazole rings is 1. The highest BCUT2D eigenvalue weighted by atomic mass is 16.5. The molecule has 0 radical (unpaired) electrons. The summed E-state index contributed by atoms with van der Waals surface area (Å²) in [5, 5.41) is 5.49. The third-order valence-corrected chi connectivity index (χ3v) is 4.44. The van der Waals surface area contributed by atoms with Crippen molar-refractivity contribution in [2.75, 3.05) is 6.61 Å². The number of allylic oxidation sites excluding steroid dienone is 1. The number of aryl methyl sites for hydroxylation is 1. The second-order valence-electron chi connectivity index (χ2n) is 6.25. The first-order valence-electron chi connectivity index (χ1n) is 8.97. The van der Waals surface area contributed by atoms with Crippen LogP contribution in [0.4, 0.5) is 4.79 Å². The molecule has 0 unspecified atom stereocenters. The van der Waals surface area contributed by atoms with Crippen LogP contribution in [0.15, 0.2) is 35.5 Å². The number of aromatic nitrogens is 2. The monoisotopic (exact) mass is 356 g/mol. The molecule has 0 saturated carbocycles. The molecule has 0 spiro atoms. The average Bonchev–Trinajstić information content (AvgIpc) is 2.97. The summed E-state index contributed by atoms with van der Waals surface area (Å²) in [6.45, 7) is 6.62. The smallest absolute Gasteiger partial charge is 0.338 e. The standard InChI is InChI=1S/C19H24N4O3/c1-4-6-11-23-14-10-8-7-9-13(14)21-17(23)16-15(18(24)26-5-2)12(3)20-19(25)22-16/h7-10,16H,4-6,11H2,1-3H3,(H2,20,22,25)/t16-/m1/s1. The number of carbonyl (C=O) groups excluding carboxylic acids is 2. The van der Waals surface area contributed by atoms with Crippen LogP contribution in [0.3, 0.4) is 0 Å². The van der Waals surface area contributed by atoms with E-state index in [1.807, 2.05) is 24.3 Å². The molecule has 2 aromatic rings. The summed E-state index contributed by atoms with van der Waals surface area (Å²) in [5.74, 6) is 0.202. The van der Waals surface area contributed by atoms with Gasteiger partial charge in [-0.2, -0.15) is 0 Å². The van der Waals surface area contributed by atoms with Crippen LogP contribution < -0.4 is 10.6 Å². The molecular formula is C19H24N4O3. The second-order valence-corrected chi connectivity index (χ2v) is 6.25. The number of fused-ring (bicyclic) bond motifs is 1. The van der Waals surface area contributed by atoms with Crippen LogP contribution >= 0.6 is 0 Å². The molecule has 0 saturated heterocycles. The van der Waals surface area contributed by atoms with Crippen molar-refractivity contribution in [3.63, 3.8) is 0 Å². The fourth-order valence-corrected chi connectivity index (χ4v) is 3.23. The zero-order valence-corrected chi connectivity index (χ0v) is 15.3. The molecule has 1 aliphatic rings. The third kappa shape index (κ3) is 3.29. The van der Waals surface area contributed by atoms with Gasteiger partial charge in [-0.25, -0.2) is 14.6 Å². The fraction of sp³-hybridized carbons (Fsp3) is 0.421. The van der Waals surface area contributed by atoms with Gasteiger partial charge in [0, 0.05) is 12.2 Å². The highest BCUT2D eigenvalue weighted by molar-refractivity contribution is 5.95. The predicted molar refractivity (Wildman–Crippen MR) is 98.4 cm³/mol. The van der Waals surface area contributed by atoms with Gasteiger partial charge >= 0.3 is 12.0 Å². The molecule has 0 bridgehead atoms. The van der Waals surface area contributed by atoms with E-state index in [9.17, 15) is 9.59 Å². The van der Waals surface area contributed by atoms with Gasteiger partial charge in [-0.15, -0.1) is 0 Å². The van der Waals surface area contributed by atoms with Crippen molar-refractivity contribution in [3.8, 4) is 0 Å². The molecule has 1 aliphatic heterocycles. The molecule has 1 aromatic heterocycles. The van der Waals surface area contributed by atoms with E-state index in [2.05, 4.69) is 22.1 Å². The summed E-state index contributed by atoms with van der Waals surface area (Å²) in [6, 6.07) is 6.83. The van der Waals surface area contributed by atoms with Crippen LogP contribution in [-0.4, -0.2) is 28.2 Å². The Hall–Kier alpha value is -2.83. The molecule has 138 valence electrons. The molecular weight excluding hydrogens is 332 g/mol. The van der Waals surface area contributed by atoms with Crippen LogP contribution in [0.2, 0.25) is 0 Å². The summed E-state index contributed by atoms with van der Waals surface area (Å²) in [6.07, 6.45) is 2.01. The summed E-state index contributed by atoms with van der Waals surface area (Å²) < 4.78 is 7.29. The normalized spacial score (nSPS) is 17.2. The van der Waals surface area contributed by atoms with E-state index in [1.54, 1.807) is 13.8 Å². The van der Waals surface area contributed by atoms with Gasteiger partial charge in [0.25, 0.3) is 0 Å². The maximum atomic E-state index is 12.5. The molecule has 2 amide bonds. The minimum atomic E-state index is -0.646. The van der Waals surface area contributed by atoms with Crippen molar-refractivity contribution in [1.82, 2.24) is 20.2 Å². The fourth-order valence-electron chi connectivity index (χ4n) is 3.23. The molecule has 26 heavy (non-hydrogen) atoms. The number of hydrogen-bond donors (Lipinski definition) is 2. The second kappa shape index (κ2) is 7.59. The number of para-hydroxylation sites is 2. The number of esters is 1. The molecule has 7 nitrogen and oxygen atoms in total. The molecule has 2 heterocycles. The average molecular weight is 356 g/mol. The van der Waals surface area contributed by atoms with Crippen molar-refractivity contribution >= 4 is 23.0 Å². The van der Waals surface area contributed by atoms with Gasteiger partial charge in [0.2, 0.25) is 0 Å². The van der Waals surface area contributed by atoms with Gasteiger partial charge in [-0.05, 0) is 32.4 Å². The Balaban J connectivity index is 2.14. The number of rotatable bonds is 6. The first kappa shape index (κ1) is 18.0. The lowest BCUT2D eigenvalue weighted by Gasteiger charge is -2.28. The van der Waals surface area contributed by atoms with E-state index < -0.39 is 12.0 Å². The Morgan fingerprint density at radius 2 is 2.08 bits per heavy atom. The van der Waals surface area contributed by atoms with Crippen molar-refractivity contribution in [3.05, 3.63) is 41.4 Å². The topological polar surface area (TPSA) is 85.2 Å². The van der Waals surface area contributed by atoms with Crippen LogP contribution in [0.5, 0.6) is 0 Å². The minimum absolute atomic E-state index is 0.266. The maximum absolute atomic E-state index is 12.5. The zero-order valence-electron chi connectivity index (χ0n) is 15.3. The van der Waals surface area contributed by atoms with Gasteiger partial charge < -0.3 is 19.9 Å². The minimum Gasteiger partial charge on any atom is -0.463 e. The number of nitrogens with zero attached hydrogens (tertiary/aromatic N) is 2. The van der Waals surface area contributed by atoms with Crippen LogP contribution in [-0.2, 0) is 16.1 Å². The van der Waals surface area contributed by atoms with Crippen molar-refractivity contribution in [2.24, 2.45) is 0 Å². The molecule has 2 N–H and O–H groups in total. The SMILES string of the molecule is CCCCn1c([C@@H]2NC(=O)NC(C)=C2C(=O)OCC)nc2ccccc21. The van der Waals surface area contributed by atoms with Crippen LogP contribution in [0.1, 0.15) is 45.5 Å². The summed E-state index contributed by atoms with van der Waals surface area (Å²) in [4.78, 5) is 29.3. The van der Waals surface area contributed by atoms with E-state index in [4.69, 9.17) is 9.72 Å².